The molecule has 3 unspecified atom stereocenters. The summed E-state index contributed by atoms with van der Waals surface area (Å²) in [6.45, 7) is 0. The summed E-state index contributed by atoms with van der Waals surface area (Å²) in [6.07, 6.45) is 6.60. The lowest BCUT2D eigenvalue weighted by Gasteiger charge is -2.20. The number of carbonyl (C=O) groups excluding carboxylic acids is 1. The predicted octanol–water partition coefficient (Wildman–Crippen LogP) is 4.29. The number of nitrogens with one attached hydrogen (secondary N) is 1. The van der Waals surface area contributed by atoms with Gasteiger partial charge in [-0.1, -0.05) is 12.1 Å². The summed E-state index contributed by atoms with van der Waals surface area (Å²) in [5.74, 6) is 2.73. The number of halogens is 1. The summed E-state index contributed by atoms with van der Waals surface area (Å²) in [5.41, 5.74) is 3.48. The van der Waals surface area contributed by atoms with Crippen LogP contribution in [0.1, 0.15) is 48.6 Å². The molecule has 106 valence electrons. The zero-order chi connectivity index (χ0) is 13.7. The van der Waals surface area contributed by atoms with E-state index in [1.807, 2.05) is 6.07 Å². The number of amides is 1. The summed E-state index contributed by atoms with van der Waals surface area (Å²) >= 11 is 6.72. The molecule has 3 heteroatoms. The van der Waals surface area contributed by atoms with Crippen LogP contribution in [0.4, 0.5) is 5.69 Å². The monoisotopic (exact) mass is 289 g/mol. The molecule has 2 fully saturated rings. The molecule has 2 nitrogen and oxygen atoms in total. The van der Waals surface area contributed by atoms with Crippen molar-refractivity contribution in [3.63, 3.8) is 0 Å². The second-order valence-corrected chi connectivity index (χ2v) is 7.18. The van der Waals surface area contributed by atoms with Crippen molar-refractivity contribution < 1.29 is 4.79 Å². The smallest absolute Gasteiger partial charge is 0.224 e. The third-order valence-electron chi connectivity index (χ3n) is 5.27. The van der Waals surface area contributed by atoms with Crippen molar-refractivity contribution in [2.75, 3.05) is 5.32 Å². The fraction of sp³-hybridized carbons (Fsp3) is 0.588. The van der Waals surface area contributed by atoms with E-state index in [0.717, 1.165) is 30.4 Å². The average molecular weight is 290 g/mol. The second-order valence-electron chi connectivity index (χ2n) is 6.71. The lowest BCUT2D eigenvalue weighted by molar-refractivity contribution is -0.116. The highest BCUT2D eigenvalue weighted by Gasteiger charge is 2.47. The fourth-order valence-corrected chi connectivity index (χ4v) is 4.38. The lowest BCUT2D eigenvalue weighted by atomic mass is 9.92. The third-order valence-corrected chi connectivity index (χ3v) is 5.87. The zero-order valence-electron chi connectivity index (χ0n) is 11.6. The summed E-state index contributed by atoms with van der Waals surface area (Å²) in [6, 6.07) is 6.37. The minimum Gasteiger partial charge on any atom is -0.326 e. The minimum atomic E-state index is 0.134. The van der Waals surface area contributed by atoms with Gasteiger partial charge in [0.1, 0.15) is 0 Å². The first-order valence-corrected chi connectivity index (χ1v) is 8.21. The highest BCUT2D eigenvalue weighted by Crippen LogP contribution is 2.58. The first-order valence-electron chi connectivity index (χ1n) is 7.77. The van der Waals surface area contributed by atoms with Gasteiger partial charge in [-0.3, -0.25) is 4.79 Å². The van der Waals surface area contributed by atoms with Crippen LogP contribution in [0.15, 0.2) is 18.2 Å². The van der Waals surface area contributed by atoms with Crippen LogP contribution in [-0.2, 0) is 11.2 Å². The van der Waals surface area contributed by atoms with Gasteiger partial charge in [-0.25, -0.2) is 0 Å². The van der Waals surface area contributed by atoms with Gasteiger partial charge in [-0.2, -0.15) is 0 Å². The Bertz CT molecular complexity index is 546. The molecule has 0 spiro atoms. The Labute approximate surface area is 124 Å². The summed E-state index contributed by atoms with van der Waals surface area (Å²) in [4.78, 5) is 11.6. The van der Waals surface area contributed by atoms with Crippen molar-refractivity contribution in [1.29, 1.82) is 0 Å². The summed E-state index contributed by atoms with van der Waals surface area (Å²) < 4.78 is 0. The maximum absolute atomic E-state index is 11.6. The van der Waals surface area contributed by atoms with Crippen molar-refractivity contribution in [3.05, 3.63) is 29.3 Å². The van der Waals surface area contributed by atoms with Crippen LogP contribution in [0.5, 0.6) is 0 Å². The number of rotatable bonds is 2. The molecule has 0 bridgehead atoms. The van der Waals surface area contributed by atoms with E-state index in [1.54, 1.807) is 0 Å². The Hall–Kier alpha value is -1.02. The van der Waals surface area contributed by atoms with Gasteiger partial charge in [0.2, 0.25) is 5.91 Å². The van der Waals surface area contributed by atoms with E-state index in [9.17, 15) is 4.79 Å². The maximum atomic E-state index is 11.6. The standard InChI is InChI=1S/C17H20ClNO/c18-17(14-8-12-7-13(12)9-14)11-4-5-15-10(6-11)2-1-3-16(20)19-15/h4-6,12-14,17H,1-3,7-9H2,(H,19,20). The SMILES string of the molecule is O=C1CCCc2cc(C(Cl)C3CC4CC4C3)ccc2N1. The van der Waals surface area contributed by atoms with Gasteiger partial charge in [0.05, 0.1) is 5.38 Å². The highest BCUT2D eigenvalue weighted by atomic mass is 35.5. The summed E-state index contributed by atoms with van der Waals surface area (Å²) in [5, 5.41) is 3.14. The quantitative estimate of drug-likeness (QED) is 0.809. The summed E-state index contributed by atoms with van der Waals surface area (Å²) in [7, 11) is 0. The molecule has 1 heterocycles. The minimum absolute atomic E-state index is 0.134. The van der Waals surface area contributed by atoms with E-state index in [2.05, 4.69) is 17.4 Å². The van der Waals surface area contributed by atoms with Gasteiger partial charge in [0.25, 0.3) is 0 Å². The fourth-order valence-electron chi connectivity index (χ4n) is 4.04. The van der Waals surface area contributed by atoms with Crippen LogP contribution in [0.25, 0.3) is 0 Å². The molecule has 3 aliphatic rings. The molecule has 1 aliphatic heterocycles. The Morgan fingerprint density at radius 2 is 1.95 bits per heavy atom. The Kier molecular flexibility index (Phi) is 3.03. The van der Waals surface area contributed by atoms with Gasteiger partial charge >= 0.3 is 0 Å². The maximum Gasteiger partial charge on any atom is 0.224 e. The largest absolute Gasteiger partial charge is 0.326 e. The molecule has 2 aliphatic carbocycles. The van der Waals surface area contributed by atoms with E-state index >= 15 is 0 Å². The van der Waals surface area contributed by atoms with Crippen molar-refractivity contribution in [1.82, 2.24) is 0 Å². The average Bonchev–Trinajstić information content (AvgIpc) is 3.11. The molecule has 3 atom stereocenters. The first kappa shape index (κ1) is 12.7. The van der Waals surface area contributed by atoms with Crippen molar-refractivity contribution in [2.45, 2.75) is 43.9 Å². The van der Waals surface area contributed by atoms with Crippen molar-refractivity contribution in [3.8, 4) is 0 Å². The molecule has 1 aromatic carbocycles. The molecule has 0 aromatic heterocycles. The van der Waals surface area contributed by atoms with Gasteiger partial charge in [-0.15, -0.1) is 11.6 Å². The number of aryl methyl sites for hydroxylation is 1. The molecule has 0 saturated heterocycles. The zero-order valence-corrected chi connectivity index (χ0v) is 12.3. The normalized spacial score (nSPS) is 32.9. The molecule has 20 heavy (non-hydrogen) atoms. The molecule has 1 amide bonds. The molecule has 1 aromatic rings. The van der Waals surface area contributed by atoms with Gasteiger partial charge < -0.3 is 5.32 Å². The lowest BCUT2D eigenvalue weighted by Crippen LogP contribution is -2.10. The van der Waals surface area contributed by atoms with E-state index in [-0.39, 0.29) is 11.3 Å². The topological polar surface area (TPSA) is 29.1 Å². The number of fused-ring (bicyclic) bond motifs is 2. The van der Waals surface area contributed by atoms with E-state index in [4.69, 9.17) is 11.6 Å². The van der Waals surface area contributed by atoms with Crippen molar-refractivity contribution >= 4 is 23.2 Å². The van der Waals surface area contributed by atoms with Crippen LogP contribution < -0.4 is 5.32 Å². The van der Waals surface area contributed by atoms with Crippen LogP contribution in [0, 0.1) is 17.8 Å². The molecule has 2 saturated carbocycles. The Morgan fingerprint density at radius 1 is 1.15 bits per heavy atom. The first-order chi connectivity index (χ1) is 9.70. The molecule has 0 radical (unpaired) electrons. The molecular formula is C17H20ClNO. The number of benzene rings is 1. The van der Waals surface area contributed by atoms with E-state index < -0.39 is 0 Å². The molecular weight excluding hydrogens is 270 g/mol. The number of hydrogen-bond acceptors (Lipinski definition) is 1. The predicted molar refractivity (Wildman–Crippen MR) is 80.9 cm³/mol. The number of hydrogen-bond donors (Lipinski definition) is 1. The van der Waals surface area contributed by atoms with Crippen LogP contribution in [-0.4, -0.2) is 5.91 Å². The number of alkyl halides is 1. The van der Waals surface area contributed by atoms with Gasteiger partial charge in [0, 0.05) is 12.1 Å². The van der Waals surface area contributed by atoms with Crippen molar-refractivity contribution in [2.24, 2.45) is 17.8 Å². The van der Waals surface area contributed by atoms with Crippen LogP contribution >= 0.6 is 11.6 Å². The molecule has 4 rings (SSSR count). The third kappa shape index (κ3) is 2.24. The highest BCUT2D eigenvalue weighted by molar-refractivity contribution is 6.21. The second kappa shape index (κ2) is 4.77. The number of carbonyl (C=O) groups is 1. The molecule has 1 N–H and O–H groups in total. The van der Waals surface area contributed by atoms with Gasteiger partial charge in [0.15, 0.2) is 0 Å². The van der Waals surface area contributed by atoms with Crippen LogP contribution in [0.3, 0.4) is 0 Å². The van der Waals surface area contributed by atoms with Gasteiger partial charge in [-0.05, 0) is 67.1 Å². The van der Waals surface area contributed by atoms with E-state index in [0.29, 0.717) is 12.3 Å². The van der Waals surface area contributed by atoms with E-state index in [1.165, 1.54) is 30.4 Å². The number of anilines is 1. The van der Waals surface area contributed by atoms with Crippen LogP contribution in [0.2, 0.25) is 0 Å². The Morgan fingerprint density at radius 3 is 2.75 bits per heavy atom. The Balaban J connectivity index is 1.56.